The molecule has 0 saturated carbocycles. The number of benzene rings is 1. The van der Waals surface area contributed by atoms with Gasteiger partial charge in [-0.05, 0) is 57.1 Å². The molecule has 3 rings (SSSR count). The van der Waals surface area contributed by atoms with Crippen LogP contribution in [0.5, 0.6) is 0 Å². The number of likely N-dealkylation sites (tertiary alicyclic amines) is 1. The van der Waals surface area contributed by atoms with Gasteiger partial charge in [0.05, 0.1) is 5.52 Å². The van der Waals surface area contributed by atoms with Crippen LogP contribution < -0.4 is 5.32 Å². The number of halogens is 1. The van der Waals surface area contributed by atoms with Gasteiger partial charge in [0.1, 0.15) is 0 Å². The van der Waals surface area contributed by atoms with E-state index in [1.807, 2.05) is 30.5 Å². The van der Waals surface area contributed by atoms with Crippen molar-refractivity contribution in [2.75, 3.05) is 25.0 Å². The summed E-state index contributed by atoms with van der Waals surface area (Å²) in [6.07, 6.45) is 5.90. The van der Waals surface area contributed by atoms with Gasteiger partial charge in [-0.3, -0.25) is 4.98 Å². The van der Waals surface area contributed by atoms with Crippen LogP contribution in [0.25, 0.3) is 10.9 Å². The van der Waals surface area contributed by atoms with Gasteiger partial charge in [0.2, 0.25) is 0 Å². The molecule has 0 radical (unpaired) electrons. The summed E-state index contributed by atoms with van der Waals surface area (Å²) in [7, 11) is 0. The van der Waals surface area contributed by atoms with E-state index in [9.17, 15) is 0 Å². The first-order chi connectivity index (χ1) is 10.2. The highest BCUT2D eigenvalue weighted by Crippen LogP contribution is 2.25. The van der Waals surface area contributed by atoms with E-state index in [0.29, 0.717) is 6.04 Å². The van der Waals surface area contributed by atoms with Crippen molar-refractivity contribution in [1.82, 2.24) is 9.88 Å². The van der Waals surface area contributed by atoms with Crippen LogP contribution in [0.15, 0.2) is 30.5 Å². The maximum atomic E-state index is 6.04. The monoisotopic (exact) mass is 303 g/mol. The summed E-state index contributed by atoms with van der Waals surface area (Å²) < 4.78 is 0. The van der Waals surface area contributed by atoms with Gasteiger partial charge in [-0.25, -0.2) is 0 Å². The second-order valence-electron chi connectivity index (χ2n) is 5.93. The number of piperidine rings is 1. The minimum atomic E-state index is 0.421. The highest BCUT2D eigenvalue weighted by Gasteiger charge is 2.14. The van der Waals surface area contributed by atoms with Crippen molar-refractivity contribution >= 4 is 28.2 Å². The van der Waals surface area contributed by atoms with E-state index in [4.69, 9.17) is 11.6 Å². The van der Waals surface area contributed by atoms with E-state index < -0.39 is 0 Å². The van der Waals surface area contributed by atoms with Crippen LogP contribution in [0.3, 0.4) is 0 Å². The number of hydrogen-bond acceptors (Lipinski definition) is 3. The largest absolute Gasteiger partial charge is 0.381 e. The molecule has 1 saturated heterocycles. The molecule has 0 spiro atoms. The molecule has 1 aliphatic rings. The topological polar surface area (TPSA) is 28.2 Å². The Bertz CT molecular complexity index is 608. The highest BCUT2D eigenvalue weighted by atomic mass is 35.5. The Morgan fingerprint density at radius 1 is 1.24 bits per heavy atom. The lowest BCUT2D eigenvalue weighted by Gasteiger charge is -2.29. The van der Waals surface area contributed by atoms with Crippen LogP contribution in [0.1, 0.15) is 26.2 Å². The van der Waals surface area contributed by atoms with Gasteiger partial charge in [0.25, 0.3) is 0 Å². The van der Waals surface area contributed by atoms with E-state index in [1.165, 1.54) is 32.4 Å². The number of aromatic nitrogens is 1. The zero-order valence-corrected chi connectivity index (χ0v) is 13.2. The summed E-state index contributed by atoms with van der Waals surface area (Å²) in [5, 5.41) is 5.49. The quantitative estimate of drug-likeness (QED) is 0.918. The van der Waals surface area contributed by atoms with Gasteiger partial charge in [0.15, 0.2) is 0 Å². The first kappa shape index (κ1) is 14.6. The summed E-state index contributed by atoms with van der Waals surface area (Å²) in [5.41, 5.74) is 2.08. The number of fused-ring (bicyclic) bond motifs is 1. The number of nitrogens with one attached hydrogen (secondary N) is 1. The molecule has 3 nitrogen and oxygen atoms in total. The molecule has 0 amide bonds. The zero-order valence-electron chi connectivity index (χ0n) is 12.5. The Kier molecular flexibility index (Phi) is 4.61. The Hall–Kier alpha value is -1.32. The van der Waals surface area contributed by atoms with E-state index in [2.05, 4.69) is 22.1 Å². The normalized spacial score (nSPS) is 17.8. The maximum absolute atomic E-state index is 6.04. The summed E-state index contributed by atoms with van der Waals surface area (Å²) >= 11 is 6.04. The zero-order chi connectivity index (χ0) is 14.7. The van der Waals surface area contributed by atoms with Crippen LogP contribution in [-0.2, 0) is 0 Å². The molecule has 2 heterocycles. The van der Waals surface area contributed by atoms with Crippen LogP contribution in [0.4, 0.5) is 5.69 Å². The molecule has 1 fully saturated rings. The molecule has 21 heavy (non-hydrogen) atoms. The van der Waals surface area contributed by atoms with Crippen molar-refractivity contribution < 1.29 is 0 Å². The third-order valence-corrected chi connectivity index (χ3v) is 4.32. The Morgan fingerprint density at radius 3 is 2.86 bits per heavy atom. The molecule has 112 valence electrons. The Morgan fingerprint density at radius 2 is 2.05 bits per heavy atom. The predicted octanol–water partition coefficient (Wildman–Crippen LogP) is 4.17. The number of anilines is 1. The maximum Gasteiger partial charge on any atom is 0.0737 e. The molecule has 2 aromatic rings. The minimum Gasteiger partial charge on any atom is -0.381 e. The molecule has 1 aromatic carbocycles. The summed E-state index contributed by atoms with van der Waals surface area (Å²) in [6, 6.07) is 8.34. The second kappa shape index (κ2) is 6.63. The van der Waals surface area contributed by atoms with E-state index >= 15 is 0 Å². The lowest BCUT2D eigenvalue weighted by atomic mass is 10.1. The Balaban J connectivity index is 1.71. The summed E-state index contributed by atoms with van der Waals surface area (Å²) in [5.74, 6) is 0. The molecule has 0 aliphatic carbocycles. The van der Waals surface area contributed by atoms with Crippen molar-refractivity contribution in [3.8, 4) is 0 Å². The van der Waals surface area contributed by atoms with E-state index in [1.54, 1.807) is 0 Å². The minimum absolute atomic E-state index is 0.421. The lowest BCUT2D eigenvalue weighted by Crippen LogP contribution is -2.38. The predicted molar refractivity (Wildman–Crippen MR) is 90.1 cm³/mol. The number of rotatable bonds is 4. The van der Waals surface area contributed by atoms with Crippen molar-refractivity contribution in [2.24, 2.45) is 0 Å². The number of pyridine rings is 1. The molecule has 1 aromatic heterocycles. The first-order valence-corrected chi connectivity index (χ1v) is 8.13. The molecule has 1 aliphatic heterocycles. The molecule has 1 unspecified atom stereocenters. The third-order valence-electron chi connectivity index (χ3n) is 4.09. The Labute approximate surface area is 131 Å². The molecule has 1 atom stereocenters. The van der Waals surface area contributed by atoms with Crippen LogP contribution in [0.2, 0.25) is 5.02 Å². The first-order valence-electron chi connectivity index (χ1n) is 7.75. The summed E-state index contributed by atoms with van der Waals surface area (Å²) in [6.45, 7) is 5.81. The van der Waals surface area contributed by atoms with Crippen LogP contribution >= 0.6 is 11.6 Å². The van der Waals surface area contributed by atoms with Gasteiger partial charge < -0.3 is 10.2 Å². The smallest absolute Gasteiger partial charge is 0.0737 e. The van der Waals surface area contributed by atoms with E-state index in [-0.39, 0.29) is 0 Å². The van der Waals surface area contributed by atoms with E-state index in [0.717, 1.165) is 28.2 Å². The van der Waals surface area contributed by atoms with Gasteiger partial charge >= 0.3 is 0 Å². The molecule has 4 heteroatoms. The van der Waals surface area contributed by atoms with Crippen molar-refractivity contribution in [3.63, 3.8) is 0 Å². The highest BCUT2D eigenvalue weighted by molar-refractivity contribution is 6.31. The fourth-order valence-electron chi connectivity index (χ4n) is 3.09. The van der Waals surface area contributed by atoms with Gasteiger partial charge in [-0.1, -0.05) is 18.0 Å². The molecular formula is C17H22ClN3. The van der Waals surface area contributed by atoms with Crippen molar-refractivity contribution in [2.45, 2.75) is 32.2 Å². The summed E-state index contributed by atoms with van der Waals surface area (Å²) in [4.78, 5) is 6.95. The molecule has 0 bridgehead atoms. The van der Waals surface area contributed by atoms with Crippen molar-refractivity contribution in [1.29, 1.82) is 0 Å². The lowest BCUT2D eigenvalue weighted by molar-refractivity contribution is 0.223. The average Bonchev–Trinajstić information content (AvgIpc) is 2.48. The average molecular weight is 304 g/mol. The fraction of sp³-hybridized carbons (Fsp3) is 0.471. The molecular weight excluding hydrogens is 282 g/mol. The number of nitrogens with zero attached hydrogens (tertiary/aromatic N) is 2. The molecule has 1 N–H and O–H groups in total. The fourth-order valence-corrected chi connectivity index (χ4v) is 3.25. The van der Waals surface area contributed by atoms with Crippen molar-refractivity contribution in [3.05, 3.63) is 35.5 Å². The van der Waals surface area contributed by atoms with Crippen LogP contribution in [0, 0.1) is 0 Å². The second-order valence-corrected chi connectivity index (χ2v) is 6.36. The SMILES string of the molecule is CC(CN1CCCCC1)Nc1ccnc2cc(Cl)ccc12. The number of hydrogen-bond donors (Lipinski definition) is 1. The third kappa shape index (κ3) is 3.66. The van der Waals surface area contributed by atoms with Gasteiger partial charge in [0, 0.05) is 34.9 Å². The standard InChI is InChI=1S/C17H22ClN3/c1-13(12-21-9-3-2-4-10-21)20-16-7-8-19-17-11-14(18)5-6-15(16)17/h5-8,11,13H,2-4,9-10,12H2,1H3,(H,19,20). The van der Waals surface area contributed by atoms with Gasteiger partial charge in [-0.2, -0.15) is 0 Å². The van der Waals surface area contributed by atoms with Gasteiger partial charge in [-0.15, -0.1) is 0 Å². The van der Waals surface area contributed by atoms with Crippen LogP contribution in [-0.4, -0.2) is 35.6 Å².